The molecule has 2 heteroatoms. The van der Waals surface area contributed by atoms with Gasteiger partial charge in [0.05, 0.1) is 7.11 Å². The van der Waals surface area contributed by atoms with Gasteiger partial charge in [-0.25, -0.2) is 4.79 Å². The van der Waals surface area contributed by atoms with E-state index >= 15 is 0 Å². The lowest BCUT2D eigenvalue weighted by Gasteiger charge is -1.92. The molecule has 13 heavy (non-hydrogen) atoms. The van der Waals surface area contributed by atoms with Crippen molar-refractivity contribution >= 4 is 5.97 Å². The molecule has 0 unspecified atom stereocenters. The van der Waals surface area contributed by atoms with Crippen molar-refractivity contribution in [2.45, 2.75) is 32.6 Å². The number of methoxy groups -OCH3 is 1. The highest BCUT2D eigenvalue weighted by Crippen LogP contribution is 2.01. The normalized spacial score (nSPS) is 11.2. The summed E-state index contributed by atoms with van der Waals surface area (Å²) >= 11 is 0. The Bertz CT molecular complexity index is 181. The van der Waals surface area contributed by atoms with Crippen LogP contribution in [0.15, 0.2) is 24.3 Å². The van der Waals surface area contributed by atoms with Crippen molar-refractivity contribution in [2.75, 3.05) is 7.11 Å². The predicted octanol–water partition coefficient (Wildman–Crippen LogP) is 2.85. The Hall–Kier alpha value is -1.05. The number of hydrogen-bond acceptors (Lipinski definition) is 2. The van der Waals surface area contributed by atoms with Gasteiger partial charge in [0, 0.05) is 6.08 Å². The van der Waals surface area contributed by atoms with Gasteiger partial charge >= 0.3 is 5.97 Å². The molecule has 0 atom stereocenters. The van der Waals surface area contributed by atoms with Crippen molar-refractivity contribution in [1.82, 2.24) is 0 Å². The van der Waals surface area contributed by atoms with Crippen LogP contribution in [-0.4, -0.2) is 13.1 Å². The van der Waals surface area contributed by atoms with E-state index in [1.54, 1.807) is 0 Å². The molecule has 2 nitrogen and oxygen atoms in total. The fourth-order valence-corrected chi connectivity index (χ4v) is 0.939. The van der Waals surface area contributed by atoms with Gasteiger partial charge in [-0.05, 0) is 32.6 Å². The summed E-state index contributed by atoms with van der Waals surface area (Å²) in [6, 6.07) is 0. The van der Waals surface area contributed by atoms with Gasteiger partial charge in [0.1, 0.15) is 0 Å². The Morgan fingerprint density at radius 2 is 1.85 bits per heavy atom. The molecule has 0 saturated carbocycles. The van der Waals surface area contributed by atoms with E-state index < -0.39 is 0 Å². The number of hydrogen-bond donors (Lipinski definition) is 0. The Labute approximate surface area is 80.3 Å². The molecule has 0 rings (SSSR count). The first kappa shape index (κ1) is 11.9. The Morgan fingerprint density at radius 1 is 1.23 bits per heavy atom. The van der Waals surface area contributed by atoms with Gasteiger partial charge in [0.2, 0.25) is 0 Å². The minimum Gasteiger partial charge on any atom is -0.466 e. The Morgan fingerprint density at radius 3 is 2.38 bits per heavy atom. The van der Waals surface area contributed by atoms with Crippen molar-refractivity contribution in [3.05, 3.63) is 24.3 Å². The second kappa shape index (κ2) is 9.04. The van der Waals surface area contributed by atoms with Crippen LogP contribution in [0.3, 0.4) is 0 Å². The first-order chi connectivity index (χ1) is 6.31. The standard InChI is InChI=1S/C11H18O2/c1-3-4-5-6-7-8-9-10-11(12)13-2/h3-4,9-10H,5-8H2,1-2H3/b4-3+,10-9+. The fraction of sp³-hybridized carbons (Fsp3) is 0.545. The summed E-state index contributed by atoms with van der Waals surface area (Å²) in [4.78, 5) is 10.6. The Kier molecular flexibility index (Phi) is 8.31. The molecule has 0 aromatic rings. The smallest absolute Gasteiger partial charge is 0.330 e. The summed E-state index contributed by atoms with van der Waals surface area (Å²) < 4.78 is 4.46. The monoisotopic (exact) mass is 182 g/mol. The highest BCUT2D eigenvalue weighted by Gasteiger charge is 1.89. The van der Waals surface area contributed by atoms with Crippen molar-refractivity contribution in [2.24, 2.45) is 0 Å². The van der Waals surface area contributed by atoms with Gasteiger partial charge < -0.3 is 4.74 Å². The molecule has 0 N–H and O–H groups in total. The van der Waals surface area contributed by atoms with E-state index in [-0.39, 0.29) is 5.97 Å². The van der Waals surface area contributed by atoms with Crippen molar-refractivity contribution in [3.63, 3.8) is 0 Å². The molecular weight excluding hydrogens is 164 g/mol. The highest BCUT2D eigenvalue weighted by molar-refractivity contribution is 5.81. The van der Waals surface area contributed by atoms with Gasteiger partial charge in [-0.1, -0.05) is 18.2 Å². The van der Waals surface area contributed by atoms with Gasteiger partial charge in [-0.15, -0.1) is 0 Å². The van der Waals surface area contributed by atoms with E-state index in [0.717, 1.165) is 19.3 Å². The van der Waals surface area contributed by atoms with Crippen LogP contribution < -0.4 is 0 Å². The summed E-state index contributed by atoms with van der Waals surface area (Å²) in [6.07, 6.45) is 11.9. The summed E-state index contributed by atoms with van der Waals surface area (Å²) in [5.41, 5.74) is 0. The van der Waals surface area contributed by atoms with E-state index in [4.69, 9.17) is 0 Å². The van der Waals surface area contributed by atoms with Crippen LogP contribution in [0.1, 0.15) is 32.6 Å². The average Bonchev–Trinajstić information content (AvgIpc) is 2.16. The molecule has 0 saturated heterocycles. The molecule has 0 spiro atoms. The van der Waals surface area contributed by atoms with E-state index in [9.17, 15) is 4.79 Å². The average molecular weight is 182 g/mol. The molecular formula is C11H18O2. The topological polar surface area (TPSA) is 26.3 Å². The van der Waals surface area contributed by atoms with Crippen molar-refractivity contribution < 1.29 is 9.53 Å². The van der Waals surface area contributed by atoms with Crippen LogP contribution in [0.25, 0.3) is 0 Å². The third-order valence-corrected chi connectivity index (χ3v) is 1.68. The zero-order chi connectivity index (χ0) is 9.94. The summed E-state index contributed by atoms with van der Waals surface area (Å²) in [5.74, 6) is -0.270. The third-order valence-electron chi connectivity index (χ3n) is 1.68. The van der Waals surface area contributed by atoms with Gasteiger partial charge in [-0.2, -0.15) is 0 Å². The van der Waals surface area contributed by atoms with E-state index in [0.29, 0.717) is 0 Å². The number of ether oxygens (including phenoxy) is 1. The summed E-state index contributed by atoms with van der Waals surface area (Å²) in [5, 5.41) is 0. The molecule has 0 aliphatic heterocycles. The first-order valence-corrected chi connectivity index (χ1v) is 4.67. The van der Waals surface area contributed by atoms with Crippen LogP contribution in [0.5, 0.6) is 0 Å². The summed E-state index contributed by atoms with van der Waals surface area (Å²) in [6.45, 7) is 2.02. The molecule has 0 bridgehead atoms. The first-order valence-electron chi connectivity index (χ1n) is 4.67. The van der Waals surface area contributed by atoms with E-state index in [1.165, 1.54) is 19.6 Å². The SMILES string of the molecule is C/C=C/CCCC/C=C/C(=O)OC. The van der Waals surface area contributed by atoms with Gasteiger partial charge in [0.25, 0.3) is 0 Å². The molecule has 0 aliphatic rings. The molecule has 0 amide bonds. The summed E-state index contributed by atoms with van der Waals surface area (Å²) in [7, 11) is 1.39. The predicted molar refractivity (Wildman–Crippen MR) is 54.4 cm³/mol. The van der Waals surface area contributed by atoms with E-state index in [1.807, 2.05) is 13.0 Å². The van der Waals surface area contributed by atoms with E-state index in [2.05, 4.69) is 16.9 Å². The molecule has 0 aromatic heterocycles. The minimum atomic E-state index is -0.270. The number of carbonyl (C=O) groups is 1. The number of unbranched alkanes of at least 4 members (excludes halogenated alkanes) is 3. The maximum absolute atomic E-state index is 10.6. The third kappa shape index (κ3) is 8.86. The molecule has 0 aromatic carbocycles. The van der Waals surface area contributed by atoms with Crippen LogP contribution in [0, 0.1) is 0 Å². The zero-order valence-corrected chi connectivity index (χ0v) is 8.45. The van der Waals surface area contributed by atoms with Crippen molar-refractivity contribution in [3.8, 4) is 0 Å². The maximum Gasteiger partial charge on any atom is 0.330 e. The lowest BCUT2D eigenvalue weighted by Crippen LogP contribution is -1.93. The molecule has 0 radical (unpaired) electrons. The van der Waals surface area contributed by atoms with Crippen LogP contribution in [0.2, 0.25) is 0 Å². The van der Waals surface area contributed by atoms with Crippen molar-refractivity contribution in [1.29, 1.82) is 0 Å². The second-order valence-corrected chi connectivity index (χ2v) is 2.78. The fourth-order valence-electron chi connectivity index (χ4n) is 0.939. The molecule has 0 fully saturated rings. The molecule has 0 aliphatic carbocycles. The largest absolute Gasteiger partial charge is 0.466 e. The molecule has 74 valence electrons. The number of rotatable bonds is 6. The zero-order valence-electron chi connectivity index (χ0n) is 8.45. The lowest BCUT2D eigenvalue weighted by molar-refractivity contribution is -0.134. The lowest BCUT2D eigenvalue weighted by atomic mass is 10.2. The number of allylic oxidation sites excluding steroid dienone is 3. The van der Waals surface area contributed by atoms with Crippen LogP contribution in [-0.2, 0) is 9.53 Å². The minimum absolute atomic E-state index is 0.270. The van der Waals surface area contributed by atoms with Gasteiger partial charge in [-0.3, -0.25) is 0 Å². The number of carbonyl (C=O) groups excluding carboxylic acids is 1. The number of esters is 1. The second-order valence-electron chi connectivity index (χ2n) is 2.78. The Balaban J connectivity index is 3.25. The van der Waals surface area contributed by atoms with Crippen LogP contribution >= 0.6 is 0 Å². The maximum atomic E-state index is 10.6. The van der Waals surface area contributed by atoms with Crippen LogP contribution in [0.4, 0.5) is 0 Å². The quantitative estimate of drug-likeness (QED) is 0.273. The molecule has 0 heterocycles. The highest BCUT2D eigenvalue weighted by atomic mass is 16.5. The van der Waals surface area contributed by atoms with Gasteiger partial charge in [0.15, 0.2) is 0 Å².